The third-order valence-corrected chi connectivity index (χ3v) is 3.58. The van der Waals surface area contributed by atoms with Gasteiger partial charge in [-0.25, -0.2) is 8.78 Å². The summed E-state index contributed by atoms with van der Waals surface area (Å²) >= 11 is 1.70. The maximum atomic E-state index is 13.4. The quantitative estimate of drug-likeness (QED) is 0.747. The smallest absolute Gasteiger partial charge is 0.273 e. The number of hydrogen-bond acceptors (Lipinski definition) is 5. The zero-order valence-electron chi connectivity index (χ0n) is 12.5. The lowest BCUT2D eigenvalue weighted by Crippen LogP contribution is -2.25. The van der Waals surface area contributed by atoms with Gasteiger partial charge >= 0.3 is 0 Å². The maximum Gasteiger partial charge on any atom is 0.273 e. The van der Waals surface area contributed by atoms with Gasteiger partial charge in [-0.2, -0.15) is 11.8 Å². The summed E-state index contributed by atoms with van der Waals surface area (Å²) in [7, 11) is 0. The third kappa shape index (κ3) is 4.95. The summed E-state index contributed by atoms with van der Waals surface area (Å²) in [6.45, 7) is 0.309. The molecule has 1 N–H and O–H groups in total. The van der Waals surface area contributed by atoms with Gasteiger partial charge in [0, 0.05) is 12.6 Å². The van der Waals surface area contributed by atoms with Crippen LogP contribution in [-0.2, 0) is 6.61 Å². The average Bonchev–Trinajstić information content (AvgIpc) is 3.00. The molecule has 0 unspecified atom stereocenters. The number of nitrogens with one attached hydrogen (secondary N) is 1. The fourth-order valence-corrected chi connectivity index (χ4v) is 2.19. The van der Waals surface area contributed by atoms with Crippen LogP contribution in [0.4, 0.5) is 8.78 Å². The Balaban J connectivity index is 1.88. The van der Waals surface area contributed by atoms with Crippen LogP contribution in [0.2, 0.25) is 0 Å². The monoisotopic (exact) mass is 342 g/mol. The summed E-state index contributed by atoms with van der Waals surface area (Å²) in [6, 6.07) is 4.80. The van der Waals surface area contributed by atoms with E-state index >= 15 is 0 Å². The third-order valence-electron chi connectivity index (χ3n) is 2.88. The van der Waals surface area contributed by atoms with E-state index < -0.39 is 17.4 Å². The lowest BCUT2D eigenvalue weighted by molar-refractivity contribution is 0.0944. The number of carbonyl (C=O) groups excluding carboxylic acids is 1. The first-order chi connectivity index (χ1) is 11.1. The molecule has 8 heteroatoms. The molecule has 2 aromatic rings. The number of amides is 1. The van der Waals surface area contributed by atoms with E-state index in [1.807, 2.05) is 6.26 Å². The number of thioether (sulfide) groups is 1. The van der Waals surface area contributed by atoms with Gasteiger partial charge in [0.2, 0.25) is 0 Å². The predicted octanol–water partition coefficient (Wildman–Crippen LogP) is 3.01. The number of carbonyl (C=O) groups is 1. The highest BCUT2D eigenvalue weighted by Gasteiger charge is 2.14. The van der Waals surface area contributed by atoms with Crippen LogP contribution in [-0.4, -0.2) is 29.6 Å². The van der Waals surface area contributed by atoms with Gasteiger partial charge in [-0.1, -0.05) is 11.2 Å². The van der Waals surface area contributed by atoms with Crippen LogP contribution in [0.15, 0.2) is 28.8 Å². The summed E-state index contributed by atoms with van der Waals surface area (Å²) < 4.78 is 36.8. The number of para-hydroxylation sites is 1. The van der Waals surface area contributed by atoms with Gasteiger partial charge in [-0.05, 0) is 30.6 Å². The molecular formula is C15H16F2N2O3S. The van der Waals surface area contributed by atoms with Crippen molar-refractivity contribution in [3.8, 4) is 5.75 Å². The Morgan fingerprint density at radius 2 is 2.13 bits per heavy atom. The Morgan fingerprint density at radius 1 is 1.39 bits per heavy atom. The molecule has 124 valence electrons. The SMILES string of the molecule is CSCCCNC(=O)c1cc(COc2c(F)cccc2F)on1. The van der Waals surface area contributed by atoms with Crippen molar-refractivity contribution in [3.63, 3.8) is 0 Å². The van der Waals surface area contributed by atoms with Gasteiger partial charge in [0.05, 0.1) is 0 Å². The molecule has 1 heterocycles. The van der Waals surface area contributed by atoms with Crippen LogP contribution in [0, 0.1) is 11.6 Å². The Morgan fingerprint density at radius 3 is 2.83 bits per heavy atom. The average molecular weight is 342 g/mol. The van der Waals surface area contributed by atoms with Gasteiger partial charge in [0.1, 0.15) is 6.61 Å². The molecule has 1 aromatic heterocycles. The summed E-state index contributed by atoms with van der Waals surface area (Å²) in [4.78, 5) is 11.8. The van der Waals surface area contributed by atoms with Crippen LogP contribution in [0.3, 0.4) is 0 Å². The molecule has 5 nitrogen and oxygen atoms in total. The van der Waals surface area contributed by atoms with Gasteiger partial charge in [0.25, 0.3) is 5.91 Å². The molecule has 1 amide bonds. The second-order valence-electron chi connectivity index (χ2n) is 4.62. The second-order valence-corrected chi connectivity index (χ2v) is 5.61. The van der Waals surface area contributed by atoms with E-state index in [0.717, 1.165) is 24.3 Å². The molecule has 0 spiro atoms. The normalized spacial score (nSPS) is 10.6. The van der Waals surface area contributed by atoms with Crippen molar-refractivity contribution in [1.29, 1.82) is 0 Å². The van der Waals surface area contributed by atoms with Crippen molar-refractivity contribution in [2.24, 2.45) is 0 Å². The van der Waals surface area contributed by atoms with Gasteiger partial charge in [-0.3, -0.25) is 4.79 Å². The van der Waals surface area contributed by atoms with Crippen LogP contribution in [0.25, 0.3) is 0 Å². The second kappa shape index (κ2) is 8.52. The van der Waals surface area contributed by atoms with E-state index in [4.69, 9.17) is 9.26 Å². The predicted molar refractivity (Wildman–Crippen MR) is 82.5 cm³/mol. The Hall–Kier alpha value is -2.09. The van der Waals surface area contributed by atoms with E-state index in [2.05, 4.69) is 10.5 Å². The van der Waals surface area contributed by atoms with Gasteiger partial charge in [0.15, 0.2) is 28.8 Å². The van der Waals surface area contributed by atoms with Crippen LogP contribution >= 0.6 is 11.8 Å². The molecule has 23 heavy (non-hydrogen) atoms. The van der Waals surface area contributed by atoms with E-state index in [0.29, 0.717) is 6.54 Å². The fourth-order valence-electron chi connectivity index (χ4n) is 1.76. The minimum absolute atomic E-state index is 0.0988. The highest BCUT2D eigenvalue weighted by atomic mass is 32.2. The van der Waals surface area contributed by atoms with Crippen LogP contribution in [0.1, 0.15) is 22.7 Å². The highest BCUT2D eigenvalue weighted by Crippen LogP contribution is 2.22. The van der Waals surface area contributed by atoms with E-state index in [-0.39, 0.29) is 24.0 Å². The Bertz CT molecular complexity index is 644. The fraction of sp³-hybridized carbons (Fsp3) is 0.333. The Labute approximate surface area is 136 Å². The lowest BCUT2D eigenvalue weighted by atomic mass is 10.3. The Kier molecular flexibility index (Phi) is 6.40. The molecule has 0 saturated heterocycles. The molecule has 0 aliphatic carbocycles. The number of aromatic nitrogens is 1. The van der Waals surface area contributed by atoms with Crippen molar-refractivity contribution in [3.05, 3.63) is 47.4 Å². The summed E-state index contributed by atoms with van der Waals surface area (Å²) in [5, 5.41) is 6.32. The first-order valence-corrected chi connectivity index (χ1v) is 8.30. The van der Waals surface area contributed by atoms with E-state index in [9.17, 15) is 13.6 Å². The molecule has 0 fully saturated rings. The standard InChI is InChI=1S/C15H16F2N2O3S/c1-23-7-3-6-18-15(20)13-8-10(22-19-13)9-21-14-11(16)4-2-5-12(14)17/h2,4-5,8H,3,6-7,9H2,1H3,(H,18,20). The van der Waals surface area contributed by atoms with E-state index in [1.165, 1.54) is 12.1 Å². The van der Waals surface area contributed by atoms with Crippen LogP contribution < -0.4 is 10.1 Å². The largest absolute Gasteiger partial charge is 0.479 e. The van der Waals surface area contributed by atoms with Gasteiger partial charge in [-0.15, -0.1) is 0 Å². The van der Waals surface area contributed by atoms with Crippen molar-refractivity contribution in [2.75, 3.05) is 18.6 Å². The summed E-state index contributed by atoms with van der Waals surface area (Å²) in [6.07, 6.45) is 2.84. The zero-order valence-corrected chi connectivity index (χ0v) is 13.3. The highest BCUT2D eigenvalue weighted by molar-refractivity contribution is 7.98. The first-order valence-electron chi connectivity index (χ1n) is 6.91. The number of hydrogen-bond donors (Lipinski definition) is 1. The molecule has 2 rings (SSSR count). The van der Waals surface area contributed by atoms with Crippen LogP contribution in [0.5, 0.6) is 5.75 Å². The minimum atomic E-state index is -0.809. The maximum absolute atomic E-state index is 13.4. The number of ether oxygens (including phenoxy) is 1. The summed E-state index contributed by atoms with van der Waals surface area (Å²) in [5.74, 6) is -1.33. The van der Waals surface area contributed by atoms with Crippen molar-refractivity contribution in [2.45, 2.75) is 13.0 Å². The van der Waals surface area contributed by atoms with Crippen molar-refractivity contribution in [1.82, 2.24) is 10.5 Å². The number of rotatable bonds is 8. The molecule has 0 aliphatic heterocycles. The van der Waals surface area contributed by atoms with E-state index in [1.54, 1.807) is 11.8 Å². The molecular weight excluding hydrogens is 326 g/mol. The molecule has 0 aliphatic rings. The molecule has 0 radical (unpaired) electrons. The number of nitrogens with zero attached hydrogens (tertiary/aromatic N) is 1. The topological polar surface area (TPSA) is 64.4 Å². The molecule has 1 aromatic carbocycles. The number of halogens is 2. The number of benzene rings is 1. The van der Waals surface area contributed by atoms with Gasteiger partial charge < -0.3 is 14.6 Å². The zero-order chi connectivity index (χ0) is 16.7. The lowest BCUT2D eigenvalue weighted by Gasteiger charge is -2.05. The molecule has 0 saturated carbocycles. The minimum Gasteiger partial charge on any atom is -0.479 e. The first kappa shape index (κ1) is 17.3. The summed E-state index contributed by atoms with van der Waals surface area (Å²) in [5.41, 5.74) is 0.0988. The molecule has 0 bridgehead atoms. The van der Waals surface area contributed by atoms with Crippen molar-refractivity contribution >= 4 is 17.7 Å². The van der Waals surface area contributed by atoms with Crippen molar-refractivity contribution < 1.29 is 22.8 Å². The molecule has 0 atom stereocenters.